The summed E-state index contributed by atoms with van der Waals surface area (Å²) in [4.78, 5) is 22.5. The molecule has 40 heavy (non-hydrogen) atoms. The van der Waals surface area contributed by atoms with Gasteiger partial charge in [0.1, 0.15) is 22.9 Å². The fourth-order valence-electron chi connectivity index (χ4n) is 4.79. The van der Waals surface area contributed by atoms with Gasteiger partial charge in [0.05, 0.1) is 20.4 Å². The van der Waals surface area contributed by atoms with Crippen molar-refractivity contribution in [3.8, 4) is 22.8 Å². The van der Waals surface area contributed by atoms with Gasteiger partial charge in [0.2, 0.25) is 11.9 Å². The maximum absolute atomic E-state index is 13.0. The highest BCUT2D eigenvalue weighted by molar-refractivity contribution is 5.78. The van der Waals surface area contributed by atoms with E-state index in [4.69, 9.17) is 9.47 Å². The van der Waals surface area contributed by atoms with Gasteiger partial charge in [-0.3, -0.25) is 9.48 Å². The zero-order valence-electron chi connectivity index (χ0n) is 22.3. The molecule has 5 rings (SSSR count). The Balaban J connectivity index is 1.25. The number of rotatable bonds is 10. The van der Waals surface area contributed by atoms with Crippen LogP contribution in [0.25, 0.3) is 11.3 Å². The van der Waals surface area contributed by atoms with Crippen molar-refractivity contribution < 1.29 is 23.0 Å². The number of methoxy groups -OCH3 is 2. The highest BCUT2D eigenvalue weighted by Gasteiger charge is 2.30. The molecule has 0 bridgehead atoms. The van der Waals surface area contributed by atoms with Crippen LogP contribution < -0.4 is 14.8 Å². The van der Waals surface area contributed by atoms with E-state index in [1.807, 2.05) is 54.4 Å². The van der Waals surface area contributed by atoms with E-state index in [1.165, 1.54) is 12.3 Å². The Bertz CT molecular complexity index is 1510. The Morgan fingerprint density at radius 3 is 2.75 bits per heavy atom. The number of halogens is 2. The summed E-state index contributed by atoms with van der Waals surface area (Å²) in [6.45, 7) is 3.51. The average Bonchev–Trinajstić information content (AvgIpc) is 3.54. The first-order chi connectivity index (χ1) is 19.3. The number of carbonyl (C=O) groups excluding carboxylic acids is 1. The Labute approximate surface area is 230 Å². The second-order valence-electron chi connectivity index (χ2n) is 9.67. The Hall–Kier alpha value is -4.61. The van der Waals surface area contributed by atoms with Crippen LogP contribution in [0, 0.1) is 12.8 Å². The molecule has 1 fully saturated rings. The van der Waals surface area contributed by atoms with Crippen molar-refractivity contribution in [2.24, 2.45) is 5.92 Å². The number of likely N-dealkylation sites (tertiary alicyclic amines) is 1. The summed E-state index contributed by atoms with van der Waals surface area (Å²) in [6, 6.07) is 12.4. The Kier molecular flexibility index (Phi) is 7.85. The van der Waals surface area contributed by atoms with Gasteiger partial charge in [-0.25, -0.2) is 18.7 Å². The molecule has 0 radical (unpaired) electrons. The van der Waals surface area contributed by atoms with Gasteiger partial charge in [0.25, 0.3) is 6.43 Å². The fourth-order valence-corrected chi connectivity index (χ4v) is 4.79. The third-order valence-corrected chi connectivity index (χ3v) is 6.66. The molecule has 3 heterocycles. The van der Waals surface area contributed by atoms with Crippen LogP contribution >= 0.6 is 0 Å². The molecule has 2 aromatic heterocycles. The number of benzene rings is 2. The summed E-state index contributed by atoms with van der Waals surface area (Å²) in [5, 5.41) is 11.6. The first kappa shape index (κ1) is 27.0. The van der Waals surface area contributed by atoms with Gasteiger partial charge in [-0.2, -0.15) is 0 Å². The number of aromatic nitrogens is 5. The lowest BCUT2D eigenvalue weighted by Crippen LogP contribution is -2.25. The van der Waals surface area contributed by atoms with E-state index >= 15 is 0 Å². The SMILES string of the molecule is COc1ccc(CN2CC(Cn3cc(-c4cc(C)cc(Nc5nccc(C(F)F)n5)c4)nn3)CC2=O)c(OC)c1. The summed E-state index contributed by atoms with van der Waals surface area (Å²) in [5.74, 6) is 1.62. The Morgan fingerprint density at radius 1 is 1.12 bits per heavy atom. The van der Waals surface area contributed by atoms with Gasteiger partial charge in [-0.15, -0.1) is 5.10 Å². The summed E-state index contributed by atoms with van der Waals surface area (Å²) in [7, 11) is 3.20. The second-order valence-corrected chi connectivity index (χ2v) is 9.67. The van der Waals surface area contributed by atoms with Crippen LogP contribution in [0.15, 0.2) is 54.9 Å². The third-order valence-electron chi connectivity index (χ3n) is 6.66. The number of ether oxygens (including phenoxy) is 2. The van der Waals surface area contributed by atoms with Crippen LogP contribution in [0.3, 0.4) is 0 Å². The minimum absolute atomic E-state index is 0.0794. The molecule has 1 saturated heterocycles. The number of nitrogens with one attached hydrogen (secondary N) is 1. The van der Waals surface area contributed by atoms with Crippen molar-refractivity contribution >= 4 is 17.5 Å². The van der Waals surface area contributed by atoms with E-state index in [0.717, 1.165) is 16.7 Å². The smallest absolute Gasteiger partial charge is 0.280 e. The average molecular weight is 550 g/mol. The molecule has 0 saturated carbocycles. The van der Waals surface area contributed by atoms with Crippen LogP contribution in [0.1, 0.15) is 29.7 Å². The lowest BCUT2D eigenvalue weighted by molar-refractivity contribution is -0.128. The van der Waals surface area contributed by atoms with Gasteiger partial charge in [0.15, 0.2) is 0 Å². The largest absolute Gasteiger partial charge is 0.497 e. The number of amides is 1. The second kappa shape index (κ2) is 11.6. The highest BCUT2D eigenvalue weighted by Crippen LogP contribution is 2.29. The number of aryl methyl sites for hydroxylation is 1. The van der Waals surface area contributed by atoms with E-state index in [9.17, 15) is 13.6 Å². The van der Waals surface area contributed by atoms with Gasteiger partial charge < -0.3 is 19.7 Å². The molecule has 0 spiro atoms. The minimum atomic E-state index is -2.68. The maximum atomic E-state index is 13.0. The van der Waals surface area contributed by atoms with Crippen molar-refractivity contribution in [1.82, 2.24) is 29.9 Å². The van der Waals surface area contributed by atoms with Crippen LogP contribution in [-0.2, 0) is 17.9 Å². The van der Waals surface area contributed by atoms with Crippen molar-refractivity contribution in [1.29, 1.82) is 0 Å². The number of alkyl halides is 2. The van der Waals surface area contributed by atoms with E-state index in [1.54, 1.807) is 18.9 Å². The molecule has 10 nitrogen and oxygen atoms in total. The minimum Gasteiger partial charge on any atom is -0.497 e. The first-order valence-corrected chi connectivity index (χ1v) is 12.7. The topological polar surface area (TPSA) is 107 Å². The molecule has 1 atom stereocenters. The normalized spacial score (nSPS) is 15.1. The van der Waals surface area contributed by atoms with Crippen molar-refractivity contribution in [3.05, 3.63) is 71.7 Å². The molecular weight excluding hydrogens is 520 g/mol. The van der Waals surface area contributed by atoms with E-state index < -0.39 is 6.43 Å². The van der Waals surface area contributed by atoms with E-state index in [-0.39, 0.29) is 23.5 Å². The first-order valence-electron chi connectivity index (χ1n) is 12.7. The number of anilines is 2. The number of carbonyl (C=O) groups is 1. The number of hydrogen-bond acceptors (Lipinski definition) is 8. The summed E-state index contributed by atoms with van der Waals surface area (Å²) in [5.41, 5.74) is 3.59. The lowest BCUT2D eigenvalue weighted by atomic mass is 10.1. The van der Waals surface area contributed by atoms with Crippen molar-refractivity contribution in [2.75, 3.05) is 26.1 Å². The lowest BCUT2D eigenvalue weighted by Gasteiger charge is -2.19. The van der Waals surface area contributed by atoms with Crippen LogP contribution in [0.2, 0.25) is 0 Å². The predicted octanol–water partition coefficient (Wildman–Crippen LogP) is 4.79. The van der Waals surface area contributed by atoms with Crippen LogP contribution in [0.4, 0.5) is 20.4 Å². The molecule has 12 heteroatoms. The zero-order valence-corrected chi connectivity index (χ0v) is 22.3. The number of hydrogen-bond donors (Lipinski definition) is 1. The zero-order chi connectivity index (χ0) is 28.2. The van der Waals surface area contributed by atoms with Crippen molar-refractivity contribution in [3.63, 3.8) is 0 Å². The number of nitrogens with zero attached hydrogens (tertiary/aromatic N) is 6. The van der Waals surface area contributed by atoms with Gasteiger partial charge in [-0.05, 0) is 48.9 Å². The molecule has 4 aromatic rings. The standard InChI is InChI=1S/C28H29F2N7O3/c1-17-8-20(11-21(9-17)32-28-31-7-6-23(33-28)27(29)30)24-16-37(35-34-24)14-18-10-26(38)36(13-18)15-19-4-5-22(39-2)12-25(19)40-3/h4-9,11-12,16,18,27H,10,13-15H2,1-3H3,(H,31,32,33). The van der Waals surface area contributed by atoms with E-state index in [2.05, 4.69) is 25.6 Å². The van der Waals surface area contributed by atoms with Gasteiger partial charge in [-0.1, -0.05) is 5.21 Å². The molecule has 1 aliphatic heterocycles. The molecule has 208 valence electrons. The highest BCUT2D eigenvalue weighted by atomic mass is 19.3. The molecule has 2 aromatic carbocycles. The molecule has 1 unspecified atom stereocenters. The quantitative estimate of drug-likeness (QED) is 0.301. The summed E-state index contributed by atoms with van der Waals surface area (Å²) < 4.78 is 38.5. The van der Waals surface area contributed by atoms with E-state index in [0.29, 0.717) is 48.9 Å². The fraction of sp³-hybridized carbons (Fsp3) is 0.321. The maximum Gasteiger partial charge on any atom is 0.280 e. The molecule has 1 aliphatic rings. The molecule has 1 amide bonds. The molecule has 0 aliphatic carbocycles. The van der Waals surface area contributed by atoms with Crippen molar-refractivity contribution in [2.45, 2.75) is 32.9 Å². The molecular formula is C28H29F2N7O3. The molecule has 1 N–H and O–H groups in total. The van der Waals surface area contributed by atoms with Gasteiger partial charge in [0, 0.05) is 61.1 Å². The van der Waals surface area contributed by atoms with Crippen LogP contribution in [-0.4, -0.2) is 56.5 Å². The van der Waals surface area contributed by atoms with Crippen LogP contribution in [0.5, 0.6) is 11.5 Å². The summed E-state index contributed by atoms with van der Waals surface area (Å²) >= 11 is 0. The predicted molar refractivity (Wildman–Crippen MR) is 144 cm³/mol. The third kappa shape index (κ3) is 6.16. The monoisotopic (exact) mass is 549 g/mol. The summed E-state index contributed by atoms with van der Waals surface area (Å²) in [6.07, 6.45) is 0.872. The Morgan fingerprint density at radius 2 is 1.98 bits per heavy atom. The van der Waals surface area contributed by atoms with Gasteiger partial charge >= 0.3 is 0 Å².